The highest BCUT2D eigenvalue weighted by Gasteiger charge is 2.01. The Morgan fingerprint density at radius 1 is 1.00 bits per heavy atom. The quantitative estimate of drug-likeness (QED) is 0.339. The van der Waals surface area contributed by atoms with E-state index in [0.29, 0.717) is 12.3 Å². The van der Waals surface area contributed by atoms with E-state index in [9.17, 15) is 5.11 Å². The van der Waals surface area contributed by atoms with Crippen LogP contribution in [0.4, 0.5) is 0 Å². The Balaban J connectivity index is 0.00000312. The monoisotopic (exact) mass is 453 g/mol. The maximum Gasteiger partial charge on any atom is 0.191 e. The van der Waals surface area contributed by atoms with Crippen LogP contribution in [0.25, 0.3) is 0 Å². The topological polar surface area (TPSA) is 56.7 Å². The smallest absolute Gasteiger partial charge is 0.191 e. The molecule has 25 heavy (non-hydrogen) atoms. The standard InChI is InChI=1S/C20H27N3O.HI/c1-3-17-9-5-6-10-18(17)15-23-20(21-4-2)22-13-12-16-8-7-11-19(24)14-16;/h5-11,14,24H,3-4,12-13,15H2,1-2H3,(H2,21,22,23);1H. The fourth-order valence-electron chi connectivity index (χ4n) is 2.60. The Morgan fingerprint density at radius 3 is 2.44 bits per heavy atom. The first-order chi connectivity index (χ1) is 11.7. The minimum Gasteiger partial charge on any atom is -0.508 e. The molecule has 0 fully saturated rings. The number of hydrogen-bond donors (Lipinski definition) is 3. The molecule has 0 aliphatic heterocycles. The molecule has 0 saturated heterocycles. The number of halogens is 1. The second kappa shape index (κ2) is 11.7. The third-order valence-electron chi connectivity index (χ3n) is 3.87. The van der Waals surface area contributed by atoms with Crippen molar-refractivity contribution in [3.63, 3.8) is 0 Å². The van der Waals surface area contributed by atoms with Crippen LogP contribution >= 0.6 is 24.0 Å². The summed E-state index contributed by atoms with van der Waals surface area (Å²) < 4.78 is 0. The van der Waals surface area contributed by atoms with Crippen LogP contribution in [0.3, 0.4) is 0 Å². The number of aromatic hydroxyl groups is 1. The van der Waals surface area contributed by atoms with Crippen LogP contribution in [0.1, 0.15) is 30.5 Å². The molecule has 3 N–H and O–H groups in total. The van der Waals surface area contributed by atoms with Crippen LogP contribution in [0.15, 0.2) is 53.5 Å². The lowest BCUT2D eigenvalue weighted by Crippen LogP contribution is -2.38. The van der Waals surface area contributed by atoms with Crippen LogP contribution in [0, 0.1) is 0 Å². The molecule has 2 aromatic carbocycles. The molecule has 0 atom stereocenters. The molecule has 5 heteroatoms. The van der Waals surface area contributed by atoms with Crippen LogP contribution in [0.2, 0.25) is 0 Å². The lowest BCUT2D eigenvalue weighted by molar-refractivity contribution is 0.474. The number of benzene rings is 2. The summed E-state index contributed by atoms with van der Waals surface area (Å²) in [7, 11) is 0. The first kappa shape index (κ1) is 21.3. The number of nitrogens with zero attached hydrogens (tertiary/aromatic N) is 1. The Bertz CT molecular complexity index is 673. The van der Waals surface area contributed by atoms with E-state index < -0.39 is 0 Å². The number of guanidine groups is 1. The molecular formula is C20H28IN3O. The van der Waals surface area contributed by atoms with Gasteiger partial charge in [0, 0.05) is 13.1 Å². The van der Waals surface area contributed by atoms with Gasteiger partial charge in [0.1, 0.15) is 5.75 Å². The van der Waals surface area contributed by atoms with E-state index in [1.807, 2.05) is 12.1 Å². The van der Waals surface area contributed by atoms with Gasteiger partial charge in [-0.05, 0) is 48.6 Å². The molecule has 0 heterocycles. The predicted octanol–water partition coefficient (Wildman–Crippen LogP) is 3.87. The van der Waals surface area contributed by atoms with E-state index in [0.717, 1.165) is 37.5 Å². The number of aryl methyl sites for hydroxylation is 1. The largest absolute Gasteiger partial charge is 0.508 e. The summed E-state index contributed by atoms with van der Waals surface area (Å²) >= 11 is 0. The fraction of sp³-hybridized carbons (Fsp3) is 0.350. The van der Waals surface area contributed by atoms with Crippen molar-refractivity contribution in [2.45, 2.75) is 33.2 Å². The minimum absolute atomic E-state index is 0. The Labute approximate surface area is 167 Å². The molecule has 0 aliphatic carbocycles. The van der Waals surface area contributed by atoms with Crippen LogP contribution in [-0.4, -0.2) is 24.2 Å². The van der Waals surface area contributed by atoms with Crippen LogP contribution in [-0.2, 0) is 19.4 Å². The van der Waals surface area contributed by atoms with Crippen molar-refractivity contribution in [2.24, 2.45) is 4.99 Å². The fourth-order valence-corrected chi connectivity index (χ4v) is 2.60. The van der Waals surface area contributed by atoms with Crippen molar-refractivity contribution in [3.05, 3.63) is 65.2 Å². The highest BCUT2D eigenvalue weighted by Crippen LogP contribution is 2.11. The zero-order valence-electron chi connectivity index (χ0n) is 15.0. The summed E-state index contributed by atoms with van der Waals surface area (Å²) in [6, 6.07) is 15.8. The Morgan fingerprint density at radius 2 is 1.76 bits per heavy atom. The first-order valence-corrected chi connectivity index (χ1v) is 8.59. The van der Waals surface area contributed by atoms with Crippen molar-refractivity contribution in [1.29, 1.82) is 0 Å². The van der Waals surface area contributed by atoms with E-state index >= 15 is 0 Å². The molecule has 136 valence electrons. The van der Waals surface area contributed by atoms with Crippen molar-refractivity contribution >= 4 is 29.9 Å². The highest BCUT2D eigenvalue weighted by molar-refractivity contribution is 14.0. The summed E-state index contributed by atoms with van der Waals surface area (Å²) in [5.41, 5.74) is 3.72. The van der Waals surface area contributed by atoms with Crippen molar-refractivity contribution in [2.75, 3.05) is 13.1 Å². The van der Waals surface area contributed by atoms with E-state index in [2.05, 4.69) is 53.7 Å². The second-order valence-electron chi connectivity index (χ2n) is 5.66. The first-order valence-electron chi connectivity index (χ1n) is 8.59. The van der Waals surface area contributed by atoms with Gasteiger partial charge in [-0.3, -0.25) is 0 Å². The third-order valence-corrected chi connectivity index (χ3v) is 3.87. The van der Waals surface area contributed by atoms with E-state index in [4.69, 9.17) is 0 Å². The van der Waals surface area contributed by atoms with Crippen LogP contribution in [0.5, 0.6) is 5.75 Å². The molecule has 2 aromatic rings. The Hall–Kier alpha value is -1.76. The van der Waals surface area contributed by atoms with Gasteiger partial charge in [0.15, 0.2) is 5.96 Å². The summed E-state index contributed by atoms with van der Waals surface area (Å²) in [5.74, 6) is 1.13. The lowest BCUT2D eigenvalue weighted by atomic mass is 10.1. The molecular weight excluding hydrogens is 425 g/mol. The SMILES string of the molecule is CCNC(=NCc1ccccc1CC)NCCc1cccc(O)c1.I. The average molecular weight is 453 g/mol. The summed E-state index contributed by atoms with van der Waals surface area (Å²) in [6.07, 6.45) is 1.86. The zero-order valence-corrected chi connectivity index (χ0v) is 17.3. The van der Waals surface area contributed by atoms with Gasteiger partial charge in [-0.25, -0.2) is 4.99 Å². The number of phenolic OH excluding ortho intramolecular Hbond substituents is 1. The molecule has 0 radical (unpaired) electrons. The Kier molecular flexibility index (Phi) is 9.99. The summed E-state index contributed by atoms with van der Waals surface area (Å²) in [4.78, 5) is 4.69. The molecule has 0 amide bonds. The molecule has 0 unspecified atom stereocenters. The van der Waals surface area contributed by atoms with Gasteiger partial charge >= 0.3 is 0 Å². The molecule has 2 rings (SSSR count). The zero-order chi connectivity index (χ0) is 17.2. The number of nitrogens with one attached hydrogen (secondary N) is 2. The van der Waals surface area contributed by atoms with Gasteiger partial charge in [-0.2, -0.15) is 0 Å². The summed E-state index contributed by atoms with van der Waals surface area (Å²) in [6.45, 7) is 6.50. The normalized spacial score (nSPS) is 10.9. The number of rotatable bonds is 7. The minimum atomic E-state index is 0. The predicted molar refractivity (Wildman–Crippen MR) is 116 cm³/mol. The van der Waals surface area contributed by atoms with Gasteiger partial charge in [0.05, 0.1) is 6.54 Å². The van der Waals surface area contributed by atoms with Crippen molar-refractivity contribution in [3.8, 4) is 5.75 Å². The van der Waals surface area contributed by atoms with Gasteiger partial charge in [0.2, 0.25) is 0 Å². The van der Waals surface area contributed by atoms with Gasteiger partial charge in [-0.1, -0.05) is 43.3 Å². The van der Waals surface area contributed by atoms with Gasteiger partial charge in [-0.15, -0.1) is 24.0 Å². The average Bonchev–Trinajstić information content (AvgIpc) is 2.60. The molecule has 4 nitrogen and oxygen atoms in total. The van der Waals surface area contributed by atoms with E-state index in [-0.39, 0.29) is 24.0 Å². The maximum absolute atomic E-state index is 9.51. The number of hydrogen-bond acceptors (Lipinski definition) is 2. The molecule has 0 aromatic heterocycles. The van der Waals surface area contributed by atoms with Crippen LogP contribution < -0.4 is 10.6 Å². The third kappa shape index (κ3) is 7.34. The molecule has 0 bridgehead atoms. The molecule has 0 saturated carbocycles. The second-order valence-corrected chi connectivity index (χ2v) is 5.66. The van der Waals surface area contributed by atoms with E-state index in [1.54, 1.807) is 12.1 Å². The van der Waals surface area contributed by atoms with Gasteiger partial charge in [0.25, 0.3) is 0 Å². The van der Waals surface area contributed by atoms with Gasteiger partial charge < -0.3 is 15.7 Å². The lowest BCUT2D eigenvalue weighted by Gasteiger charge is -2.12. The number of phenols is 1. The van der Waals surface area contributed by atoms with E-state index in [1.165, 1.54) is 11.1 Å². The van der Waals surface area contributed by atoms with Crippen molar-refractivity contribution < 1.29 is 5.11 Å². The maximum atomic E-state index is 9.51. The highest BCUT2D eigenvalue weighted by atomic mass is 127. The van der Waals surface area contributed by atoms with Crippen molar-refractivity contribution in [1.82, 2.24) is 10.6 Å². The molecule has 0 aliphatic rings. The summed E-state index contributed by atoms with van der Waals surface area (Å²) in [5, 5.41) is 16.1. The molecule has 0 spiro atoms. The number of aliphatic imine (C=N–C) groups is 1.